The molecule has 64 valence electrons. The van der Waals surface area contributed by atoms with Crippen molar-refractivity contribution in [3.05, 3.63) is 22.5 Å². The Morgan fingerprint density at radius 2 is 1.92 bits per heavy atom. The summed E-state index contributed by atoms with van der Waals surface area (Å²) in [6, 6.07) is 0. The summed E-state index contributed by atoms with van der Waals surface area (Å²) in [5.41, 5.74) is 3.98. The average Bonchev–Trinajstić information content (AvgIpc) is 2.71. The number of hydrogen-bond donors (Lipinski definition) is 0. The van der Waals surface area contributed by atoms with Gasteiger partial charge < -0.3 is 0 Å². The molecule has 2 atom stereocenters. The van der Waals surface area contributed by atoms with Crippen molar-refractivity contribution in [3.8, 4) is 0 Å². The number of hydrogen-bond acceptors (Lipinski definition) is 0. The van der Waals surface area contributed by atoms with Crippen molar-refractivity contribution in [2.45, 2.75) is 32.6 Å². The van der Waals surface area contributed by atoms with Gasteiger partial charge in [0.25, 0.3) is 0 Å². The van der Waals surface area contributed by atoms with Gasteiger partial charge in [-0.25, -0.2) is 4.39 Å². The highest BCUT2D eigenvalue weighted by Crippen LogP contribution is 2.58. The highest BCUT2D eigenvalue weighted by Gasteiger charge is 2.47. The Balaban J connectivity index is 2.17. The summed E-state index contributed by atoms with van der Waals surface area (Å²) < 4.78 is 13.6. The summed E-state index contributed by atoms with van der Waals surface area (Å²) in [7, 11) is 0. The molecule has 0 aromatic rings. The van der Waals surface area contributed by atoms with E-state index in [1.54, 1.807) is 0 Å². The van der Waals surface area contributed by atoms with Crippen LogP contribution in [0.15, 0.2) is 22.5 Å². The van der Waals surface area contributed by atoms with Gasteiger partial charge in [-0.2, -0.15) is 0 Å². The van der Waals surface area contributed by atoms with E-state index in [0.717, 1.165) is 24.8 Å². The molecule has 3 aliphatic rings. The van der Waals surface area contributed by atoms with Crippen LogP contribution in [-0.2, 0) is 0 Å². The van der Waals surface area contributed by atoms with Gasteiger partial charge in [0.05, 0.1) is 0 Å². The van der Waals surface area contributed by atoms with E-state index in [9.17, 15) is 4.39 Å². The molecule has 0 amide bonds. The van der Waals surface area contributed by atoms with Crippen molar-refractivity contribution < 1.29 is 4.39 Å². The number of fused-ring (bicyclic) bond motifs is 2. The maximum atomic E-state index is 13.6. The van der Waals surface area contributed by atoms with Crippen molar-refractivity contribution in [1.29, 1.82) is 0 Å². The topological polar surface area (TPSA) is 0 Å². The first-order valence-corrected chi connectivity index (χ1v) is 4.87. The standard InChI is InChI=1S/C11H13F/c1-6-7-3-2-4-8(7)11(12)10-5-9(6)10/h9-10H,2-5H2,1H3. The van der Waals surface area contributed by atoms with Crippen LogP contribution >= 0.6 is 0 Å². The number of halogens is 1. The molecule has 1 heteroatoms. The van der Waals surface area contributed by atoms with Crippen LogP contribution in [0.25, 0.3) is 0 Å². The van der Waals surface area contributed by atoms with Crippen LogP contribution in [0.3, 0.4) is 0 Å². The Morgan fingerprint density at radius 3 is 2.75 bits per heavy atom. The Hall–Kier alpha value is -0.590. The van der Waals surface area contributed by atoms with Crippen LogP contribution < -0.4 is 0 Å². The lowest BCUT2D eigenvalue weighted by Crippen LogP contribution is -2.00. The Bertz CT molecular complexity index is 279. The Morgan fingerprint density at radius 1 is 1.17 bits per heavy atom. The molecule has 0 aliphatic heterocycles. The zero-order valence-electron chi connectivity index (χ0n) is 7.36. The third kappa shape index (κ3) is 0.675. The summed E-state index contributed by atoms with van der Waals surface area (Å²) in [6.07, 6.45) is 4.40. The summed E-state index contributed by atoms with van der Waals surface area (Å²) >= 11 is 0. The molecule has 0 aromatic carbocycles. The third-order valence-electron chi connectivity index (χ3n) is 3.65. The zero-order chi connectivity index (χ0) is 8.29. The Labute approximate surface area is 72.2 Å². The van der Waals surface area contributed by atoms with E-state index < -0.39 is 0 Å². The molecule has 0 spiro atoms. The SMILES string of the molecule is CC1=C2CCCC2=C(F)C2CC12. The van der Waals surface area contributed by atoms with E-state index in [2.05, 4.69) is 6.92 Å². The van der Waals surface area contributed by atoms with Crippen LogP contribution in [0.5, 0.6) is 0 Å². The maximum absolute atomic E-state index is 13.6. The fourth-order valence-electron chi connectivity index (χ4n) is 2.84. The molecule has 0 radical (unpaired) electrons. The van der Waals surface area contributed by atoms with E-state index in [0.29, 0.717) is 11.8 Å². The molecule has 2 unspecified atom stereocenters. The third-order valence-corrected chi connectivity index (χ3v) is 3.65. The largest absolute Gasteiger partial charge is 0.211 e. The quantitative estimate of drug-likeness (QED) is 0.515. The molecule has 0 heterocycles. The van der Waals surface area contributed by atoms with Crippen molar-refractivity contribution in [2.24, 2.45) is 11.8 Å². The van der Waals surface area contributed by atoms with E-state index in [4.69, 9.17) is 0 Å². The van der Waals surface area contributed by atoms with Crippen LogP contribution in [0.4, 0.5) is 4.39 Å². The molecule has 3 aliphatic carbocycles. The van der Waals surface area contributed by atoms with Gasteiger partial charge in [-0.3, -0.25) is 0 Å². The summed E-state index contributed by atoms with van der Waals surface area (Å²) in [4.78, 5) is 0. The van der Waals surface area contributed by atoms with Crippen molar-refractivity contribution in [1.82, 2.24) is 0 Å². The molecule has 2 saturated carbocycles. The van der Waals surface area contributed by atoms with E-state index in [1.165, 1.54) is 17.6 Å². The number of allylic oxidation sites excluding steroid dienone is 4. The lowest BCUT2D eigenvalue weighted by molar-refractivity contribution is 0.545. The summed E-state index contributed by atoms with van der Waals surface area (Å²) in [5, 5.41) is 0. The first kappa shape index (κ1) is 6.88. The molecular formula is C11H13F. The van der Waals surface area contributed by atoms with Gasteiger partial charge in [0.15, 0.2) is 0 Å². The van der Waals surface area contributed by atoms with E-state index in [-0.39, 0.29) is 5.83 Å². The predicted molar refractivity (Wildman–Crippen MR) is 46.3 cm³/mol. The van der Waals surface area contributed by atoms with Gasteiger partial charge in [0.1, 0.15) is 5.83 Å². The summed E-state index contributed by atoms with van der Waals surface area (Å²) in [6.45, 7) is 2.21. The molecule has 2 fully saturated rings. The highest BCUT2D eigenvalue weighted by molar-refractivity contribution is 5.48. The minimum Gasteiger partial charge on any atom is -0.211 e. The molecule has 12 heavy (non-hydrogen) atoms. The summed E-state index contributed by atoms with van der Waals surface area (Å²) in [5.74, 6) is 1.15. The first-order chi connectivity index (χ1) is 5.79. The van der Waals surface area contributed by atoms with Gasteiger partial charge in [-0.15, -0.1) is 0 Å². The smallest absolute Gasteiger partial charge is 0.107 e. The predicted octanol–water partition coefficient (Wildman–Crippen LogP) is 3.36. The first-order valence-electron chi connectivity index (χ1n) is 4.87. The van der Waals surface area contributed by atoms with Gasteiger partial charge in [0, 0.05) is 5.92 Å². The maximum Gasteiger partial charge on any atom is 0.107 e. The van der Waals surface area contributed by atoms with Crippen molar-refractivity contribution in [2.75, 3.05) is 0 Å². The average molecular weight is 164 g/mol. The second kappa shape index (κ2) is 2.01. The van der Waals surface area contributed by atoms with Crippen molar-refractivity contribution >= 4 is 0 Å². The highest BCUT2D eigenvalue weighted by atomic mass is 19.1. The van der Waals surface area contributed by atoms with E-state index in [1.807, 2.05) is 0 Å². The fraction of sp³-hybridized carbons (Fsp3) is 0.636. The van der Waals surface area contributed by atoms with Crippen LogP contribution in [0, 0.1) is 11.8 Å². The fourth-order valence-corrected chi connectivity index (χ4v) is 2.84. The van der Waals surface area contributed by atoms with Gasteiger partial charge >= 0.3 is 0 Å². The van der Waals surface area contributed by atoms with Gasteiger partial charge in [-0.1, -0.05) is 5.57 Å². The van der Waals surface area contributed by atoms with Crippen molar-refractivity contribution in [3.63, 3.8) is 0 Å². The van der Waals surface area contributed by atoms with Crippen LogP contribution in [-0.4, -0.2) is 0 Å². The minimum atomic E-state index is 0.248. The lowest BCUT2D eigenvalue weighted by Gasteiger charge is -2.14. The van der Waals surface area contributed by atoms with Crippen LogP contribution in [0.1, 0.15) is 32.6 Å². The molecule has 0 aromatic heterocycles. The number of rotatable bonds is 0. The monoisotopic (exact) mass is 164 g/mol. The molecular weight excluding hydrogens is 151 g/mol. The molecule has 0 bridgehead atoms. The Kier molecular flexibility index (Phi) is 1.15. The van der Waals surface area contributed by atoms with Gasteiger partial charge in [-0.05, 0) is 49.7 Å². The van der Waals surface area contributed by atoms with Gasteiger partial charge in [0.2, 0.25) is 0 Å². The second-order valence-corrected chi connectivity index (χ2v) is 4.29. The zero-order valence-corrected chi connectivity index (χ0v) is 7.36. The minimum absolute atomic E-state index is 0.248. The molecule has 0 N–H and O–H groups in total. The molecule has 0 saturated heterocycles. The molecule has 0 nitrogen and oxygen atoms in total. The normalized spacial score (nSPS) is 38.5. The van der Waals surface area contributed by atoms with Crippen LogP contribution in [0.2, 0.25) is 0 Å². The molecule has 3 rings (SSSR count). The lowest BCUT2D eigenvalue weighted by atomic mass is 9.93. The van der Waals surface area contributed by atoms with E-state index >= 15 is 0 Å². The second-order valence-electron chi connectivity index (χ2n) is 4.29.